The average molecular weight is 187 g/mol. The number of hydrogen-bond acceptors (Lipinski definition) is 4. The molecule has 0 aromatic rings. The minimum atomic E-state index is -0.439. The molecule has 1 aliphatic rings. The Morgan fingerprint density at radius 2 is 2.25 bits per heavy atom. The van der Waals surface area contributed by atoms with Crippen molar-refractivity contribution in [1.29, 1.82) is 0 Å². The molecule has 1 heterocycles. The number of ether oxygens (including phenoxy) is 1. The molecule has 1 aliphatic heterocycles. The fourth-order valence-electron chi connectivity index (χ4n) is 0.610. The summed E-state index contributed by atoms with van der Waals surface area (Å²) in [7, 11) is 0. The molecular weight excluding hydrogens is 174 g/mol. The second-order valence-electron chi connectivity index (χ2n) is 3.64. The normalized spacial score (nSPS) is 17.4. The van der Waals surface area contributed by atoms with E-state index in [-0.39, 0.29) is 5.97 Å². The van der Waals surface area contributed by atoms with E-state index in [1.165, 1.54) is 11.8 Å². The van der Waals surface area contributed by atoms with Crippen molar-refractivity contribution in [1.82, 2.24) is 0 Å². The summed E-state index contributed by atoms with van der Waals surface area (Å²) in [5.74, 6) is 0.711. The Labute approximate surface area is 76.6 Å². The first-order chi connectivity index (χ1) is 5.50. The molecule has 1 rings (SSSR count). The Bertz CT molecular complexity index is 218. The summed E-state index contributed by atoms with van der Waals surface area (Å²) in [6.07, 6.45) is 0. The topological polar surface area (TPSA) is 38.7 Å². The molecule has 0 saturated heterocycles. The van der Waals surface area contributed by atoms with Gasteiger partial charge in [-0.1, -0.05) is 11.8 Å². The number of aliphatic imine (C=N–C) groups is 1. The van der Waals surface area contributed by atoms with Crippen LogP contribution in [0.3, 0.4) is 0 Å². The summed E-state index contributed by atoms with van der Waals surface area (Å²) < 4.78 is 5.05. The zero-order valence-electron chi connectivity index (χ0n) is 7.59. The SMILES string of the molecule is CC(C)(C)C(=O)OC1=NCCS1. The maximum absolute atomic E-state index is 11.3. The standard InChI is InChI=1S/C8H13NO2S/c1-8(2,3)6(10)11-7-9-4-5-12-7/h4-5H2,1-3H3. The van der Waals surface area contributed by atoms with Gasteiger partial charge in [-0.2, -0.15) is 0 Å². The zero-order valence-corrected chi connectivity index (χ0v) is 8.40. The van der Waals surface area contributed by atoms with Crippen LogP contribution in [0.15, 0.2) is 4.99 Å². The van der Waals surface area contributed by atoms with E-state index in [0.29, 0.717) is 5.23 Å². The third-order valence-corrected chi connectivity index (χ3v) is 2.20. The maximum Gasteiger partial charge on any atom is 0.318 e. The molecule has 12 heavy (non-hydrogen) atoms. The number of esters is 1. The number of hydrogen-bond donors (Lipinski definition) is 0. The Morgan fingerprint density at radius 3 is 2.67 bits per heavy atom. The van der Waals surface area contributed by atoms with Crippen molar-refractivity contribution < 1.29 is 9.53 Å². The van der Waals surface area contributed by atoms with Gasteiger partial charge in [0.25, 0.3) is 5.23 Å². The molecule has 0 aliphatic carbocycles. The monoisotopic (exact) mass is 187 g/mol. The molecule has 0 fully saturated rings. The summed E-state index contributed by atoms with van der Waals surface area (Å²) in [5, 5.41) is 0.523. The highest BCUT2D eigenvalue weighted by molar-refractivity contribution is 8.13. The van der Waals surface area contributed by atoms with E-state index >= 15 is 0 Å². The minimum absolute atomic E-state index is 0.212. The van der Waals surface area contributed by atoms with Crippen LogP contribution in [0.2, 0.25) is 0 Å². The number of carbonyl (C=O) groups excluding carboxylic acids is 1. The second kappa shape index (κ2) is 3.47. The van der Waals surface area contributed by atoms with Gasteiger partial charge < -0.3 is 4.74 Å². The second-order valence-corrected chi connectivity index (χ2v) is 4.68. The van der Waals surface area contributed by atoms with E-state index in [0.717, 1.165) is 12.3 Å². The summed E-state index contributed by atoms with van der Waals surface area (Å²) in [6, 6.07) is 0. The molecule has 0 unspecified atom stereocenters. The van der Waals surface area contributed by atoms with E-state index in [9.17, 15) is 4.79 Å². The predicted molar refractivity (Wildman–Crippen MR) is 50.3 cm³/mol. The van der Waals surface area contributed by atoms with Crippen LogP contribution < -0.4 is 0 Å². The van der Waals surface area contributed by atoms with E-state index in [4.69, 9.17) is 4.74 Å². The molecule has 0 saturated carbocycles. The molecule has 0 aromatic heterocycles. The summed E-state index contributed by atoms with van der Waals surface area (Å²) >= 11 is 1.49. The highest BCUT2D eigenvalue weighted by Gasteiger charge is 2.25. The van der Waals surface area contributed by atoms with Crippen molar-refractivity contribution in [3.63, 3.8) is 0 Å². The lowest BCUT2D eigenvalue weighted by Gasteiger charge is -2.15. The van der Waals surface area contributed by atoms with Gasteiger partial charge in [-0.05, 0) is 20.8 Å². The summed E-state index contributed by atoms with van der Waals surface area (Å²) in [5.41, 5.74) is -0.439. The molecule has 4 heteroatoms. The van der Waals surface area contributed by atoms with E-state index in [1.54, 1.807) is 0 Å². The average Bonchev–Trinajstić information content (AvgIpc) is 2.37. The summed E-state index contributed by atoms with van der Waals surface area (Å²) in [6.45, 7) is 6.25. The van der Waals surface area contributed by atoms with E-state index in [2.05, 4.69) is 4.99 Å². The quantitative estimate of drug-likeness (QED) is 0.541. The van der Waals surface area contributed by atoms with Crippen LogP contribution in [0, 0.1) is 5.41 Å². The Morgan fingerprint density at radius 1 is 1.58 bits per heavy atom. The third-order valence-electron chi connectivity index (χ3n) is 1.35. The molecule has 0 aromatic carbocycles. The van der Waals surface area contributed by atoms with Crippen molar-refractivity contribution in [2.24, 2.45) is 10.4 Å². The Balaban J connectivity index is 2.46. The van der Waals surface area contributed by atoms with Gasteiger partial charge in [-0.15, -0.1) is 0 Å². The van der Waals surface area contributed by atoms with Crippen molar-refractivity contribution in [3.05, 3.63) is 0 Å². The van der Waals surface area contributed by atoms with Gasteiger partial charge in [0, 0.05) is 5.75 Å². The molecule has 68 valence electrons. The van der Waals surface area contributed by atoms with Crippen molar-refractivity contribution >= 4 is 23.0 Å². The van der Waals surface area contributed by atoms with E-state index in [1.807, 2.05) is 20.8 Å². The minimum Gasteiger partial charge on any atom is -0.401 e. The molecule has 0 amide bonds. The maximum atomic E-state index is 11.3. The zero-order chi connectivity index (χ0) is 9.19. The Kier molecular flexibility index (Phi) is 2.77. The van der Waals surface area contributed by atoms with Gasteiger partial charge in [0.2, 0.25) is 0 Å². The van der Waals surface area contributed by atoms with Crippen molar-refractivity contribution in [2.75, 3.05) is 12.3 Å². The predicted octanol–water partition coefficient (Wildman–Crippen LogP) is 1.68. The lowest BCUT2D eigenvalue weighted by Crippen LogP contribution is -2.24. The van der Waals surface area contributed by atoms with Gasteiger partial charge in [-0.25, -0.2) is 4.99 Å². The smallest absolute Gasteiger partial charge is 0.318 e. The number of thioether (sulfide) groups is 1. The van der Waals surface area contributed by atoms with Crippen LogP contribution >= 0.6 is 11.8 Å². The van der Waals surface area contributed by atoms with Gasteiger partial charge >= 0.3 is 5.97 Å². The highest BCUT2D eigenvalue weighted by Crippen LogP contribution is 2.19. The van der Waals surface area contributed by atoms with Crippen LogP contribution in [-0.4, -0.2) is 23.5 Å². The lowest BCUT2D eigenvalue weighted by molar-refractivity contribution is -0.143. The first-order valence-electron chi connectivity index (χ1n) is 3.90. The van der Waals surface area contributed by atoms with Crippen molar-refractivity contribution in [3.8, 4) is 0 Å². The fourth-order valence-corrected chi connectivity index (χ4v) is 1.28. The van der Waals surface area contributed by atoms with Gasteiger partial charge in [-0.3, -0.25) is 4.79 Å². The highest BCUT2D eigenvalue weighted by atomic mass is 32.2. The van der Waals surface area contributed by atoms with E-state index < -0.39 is 5.41 Å². The Hall–Kier alpha value is -0.510. The first-order valence-corrected chi connectivity index (χ1v) is 4.88. The molecule has 0 bridgehead atoms. The molecule has 0 atom stereocenters. The third kappa shape index (κ3) is 2.52. The number of carbonyl (C=O) groups is 1. The molecule has 3 nitrogen and oxygen atoms in total. The molecule has 0 spiro atoms. The summed E-state index contributed by atoms with van der Waals surface area (Å²) in [4.78, 5) is 15.3. The molecule has 0 radical (unpaired) electrons. The number of nitrogens with zero attached hydrogens (tertiary/aromatic N) is 1. The first kappa shape index (κ1) is 9.58. The van der Waals surface area contributed by atoms with Crippen LogP contribution in [0.1, 0.15) is 20.8 Å². The van der Waals surface area contributed by atoms with Crippen molar-refractivity contribution in [2.45, 2.75) is 20.8 Å². The van der Waals surface area contributed by atoms with Crippen LogP contribution in [0.5, 0.6) is 0 Å². The largest absolute Gasteiger partial charge is 0.401 e. The molecular formula is C8H13NO2S. The van der Waals surface area contributed by atoms with Crippen LogP contribution in [0.25, 0.3) is 0 Å². The lowest BCUT2D eigenvalue weighted by atomic mass is 9.98. The fraction of sp³-hybridized carbons (Fsp3) is 0.750. The number of rotatable bonds is 0. The van der Waals surface area contributed by atoms with Crippen LogP contribution in [-0.2, 0) is 9.53 Å². The van der Waals surface area contributed by atoms with Crippen LogP contribution in [0.4, 0.5) is 0 Å². The van der Waals surface area contributed by atoms with Gasteiger partial charge in [0.05, 0.1) is 12.0 Å². The molecule has 0 N–H and O–H groups in total. The van der Waals surface area contributed by atoms with Gasteiger partial charge in [0.15, 0.2) is 0 Å². The van der Waals surface area contributed by atoms with Gasteiger partial charge in [0.1, 0.15) is 0 Å².